The molecule has 0 aromatic carbocycles. The van der Waals surface area contributed by atoms with Crippen LogP contribution in [0, 0.1) is 0 Å². The SMILES string of the molecule is CC(C)n1cc(N)cc1C(=O)NCCCC(N)=O. The van der Waals surface area contributed by atoms with Crippen LogP contribution in [0.1, 0.15) is 43.2 Å². The first-order chi connectivity index (χ1) is 8.41. The summed E-state index contributed by atoms with van der Waals surface area (Å²) in [5.41, 5.74) is 11.8. The lowest BCUT2D eigenvalue weighted by molar-refractivity contribution is -0.118. The van der Waals surface area contributed by atoms with Gasteiger partial charge in [0.25, 0.3) is 5.91 Å². The Hall–Kier alpha value is -1.98. The summed E-state index contributed by atoms with van der Waals surface area (Å²) < 4.78 is 1.82. The monoisotopic (exact) mass is 252 g/mol. The van der Waals surface area contributed by atoms with Crippen LogP contribution in [-0.4, -0.2) is 22.9 Å². The third kappa shape index (κ3) is 3.80. The highest BCUT2D eigenvalue weighted by molar-refractivity contribution is 5.93. The number of anilines is 1. The third-order valence-electron chi connectivity index (χ3n) is 2.54. The molecule has 0 aliphatic carbocycles. The predicted molar refractivity (Wildman–Crippen MR) is 70.0 cm³/mol. The van der Waals surface area contributed by atoms with E-state index < -0.39 is 0 Å². The molecule has 6 nitrogen and oxygen atoms in total. The van der Waals surface area contributed by atoms with E-state index in [0.29, 0.717) is 24.3 Å². The van der Waals surface area contributed by atoms with Crippen molar-refractivity contribution in [3.63, 3.8) is 0 Å². The van der Waals surface area contributed by atoms with Crippen LogP contribution in [0.25, 0.3) is 0 Å². The second-order valence-corrected chi connectivity index (χ2v) is 4.49. The van der Waals surface area contributed by atoms with Crippen molar-refractivity contribution in [3.05, 3.63) is 18.0 Å². The average molecular weight is 252 g/mol. The van der Waals surface area contributed by atoms with Crippen LogP contribution < -0.4 is 16.8 Å². The number of amides is 2. The summed E-state index contributed by atoms with van der Waals surface area (Å²) in [5.74, 6) is -0.552. The smallest absolute Gasteiger partial charge is 0.267 e. The summed E-state index contributed by atoms with van der Waals surface area (Å²) in [4.78, 5) is 22.5. The van der Waals surface area contributed by atoms with Gasteiger partial charge in [-0.3, -0.25) is 9.59 Å². The molecule has 6 heteroatoms. The molecule has 0 bridgehead atoms. The third-order valence-corrected chi connectivity index (χ3v) is 2.54. The molecule has 0 aliphatic rings. The van der Waals surface area contributed by atoms with Gasteiger partial charge in [-0.05, 0) is 26.3 Å². The second-order valence-electron chi connectivity index (χ2n) is 4.49. The molecule has 1 rings (SSSR count). The molecule has 100 valence electrons. The number of nitrogens with two attached hydrogens (primary N) is 2. The minimum absolute atomic E-state index is 0.161. The fraction of sp³-hybridized carbons (Fsp3) is 0.500. The first-order valence-corrected chi connectivity index (χ1v) is 5.95. The Labute approximate surface area is 106 Å². The Morgan fingerprint density at radius 1 is 1.44 bits per heavy atom. The Kier molecular flexibility index (Phi) is 4.76. The molecular formula is C12H20N4O2. The fourth-order valence-electron chi connectivity index (χ4n) is 1.66. The first kappa shape index (κ1) is 14.1. The quantitative estimate of drug-likeness (QED) is 0.647. The molecular weight excluding hydrogens is 232 g/mol. The molecule has 1 heterocycles. The van der Waals surface area contributed by atoms with Crippen molar-refractivity contribution in [2.75, 3.05) is 12.3 Å². The predicted octanol–water partition coefficient (Wildman–Crippen LogP) is 0.647. The molecule has 1 aromatic rings. The van der Waals surface area contributed by atoms with Gasteiger partial charge in [0, 0.05) is 25.2 Å². The number of carbonyl (C=O) groups is 2. The van der Waals surface area contributed by atoms with Crippen LogP contribution in [0.5, 0.6) is 0 Å². The highest BCUT2D eigenvalue weighted by Crippen LogP contribution is 2.16. The highest BCUT2D eigenvalue weighted by Gasteiger charge is 2.14. The number of nitrogens with one attached hydrogen (secondary N) is 1. The van der Waals surface area contributed by atoms with Crippen molar-refractivity contribution in [3.8, 4) is 0 Å². The Balaban J connectivity index is 2.58. The molecule has 0 atom stereocenters. The molecule has 0 aliphatic heterocycles. The highest BCUT2D eigenvalue weighted by atomic mass is 16.2. The number of aromatic nitrogens is 1. The van der Waals surface area contributed by atoms with Crippen molar-refractivity contribution in [1.29, 1.82) is 0 Å². The Morgan fingerprint density at radius 3 is 2.67 bits per heavy atom. The van der Waals surface area contributed by atoms with Gasteiger partial charge in [-0.25, -0.2) is 0 Å². The van der Waals surface area contributed by atoms with Crippen LogP contribution in [0.3, 0.4) is 0 Å². The van der Waals surface area contributed by atoms with Gasteiger partial charge in [0.15, 0.2) is 0 Å². The van der Waals surface area contributed by atoms with Crippen molar-refractivity contribution >= 4 is 17.5 Å². The van der Waals surface area contributed by atoms with E-state index in [9.17, 15) is 9.59 Å². The maximum absolute atomic E-state index is 11.9. The van der Waals surface area contributed by atoms with Crippen molar-refractivity contribution in [2.24, 2.45) is 5.73 Å². The van der Waals surface area contributed by atoms with Crippen molar-refractivity contribution < 1.29 is 9.59 Å². The number of carbonyl (C=O) groups excluding carboxylic acids is 2. The van der Waals surface area contributed by atoms with E-state index in [2.05, 4.69) is 5.32 Å². The molecule has 0 unspecified atom stereocenters. The topological polar surface area (TPSA) is 103 Å². The van der Waals surface area contributed by atoms with E-state index in [4.69, 9.17) is 11.5 Å². The summed E-state index contributed by atoms with van der Waals surface area (Å²) >= 11 is 0. The minimum atomic E-state index is -0.362. The van der Waals surface area contributed by atoms with Crippen LogP contribution in [0.2, 0.25) is 0 Å². The van der Waals surface area contributed by atoms with Gasteiger partial charge in [0.2, 0.25) is 5.91 Å². The molecule has 0 radical (unpaired) electrons. The number of hydrogen-bond donors (Lipinski definition) is 3. The Morgan fingerprint density at radius 2 is 2.11 bits per heavy atom. The zero-order valence-corrected chi connectivity index (χ0v) is 10.8. The van der Waals surface area contributed by atoms with E-state index in [1.54, 1.807) is 12.3 Å². The number of nitrogen functional groups attached to an aromatic ring is 1. The maximum atomic E-state index is 11.9. The van der Waals surface area contributed by atoms with Crippen molar-refractivity contribution in [2.45, 2.75) is 32.7 Å². The largest absolute Gasteiger partial charge is 0.397 e. The van der Waals surface area contributed by atoms with E-state index in [0.717, 1.165) is 0 Å². The Bertz CT molecular complexity index is 437. The average Bonchev–Trinajstić information content (AvgIpc) is 2.66. The van der Waals surface area contributed by atoms with Gasteiger partial charge in [0.1, 0.15) is 5.69 Å². The maximum Gasteiger partial charge on any atom is 0.267 e. The van der Waals surface area contributed by atoms with E-state index in [1.165, 1.54) is 0 Å². The summed E-state index contributed by atoms with van der Waals surface area (Å²) in [5, 5.41) is 2.74. The minimum Gasteiger partial charge on any atom is -0.397 e. The van der Waals surface area contributed by atoms with E-state index in [1.807, 2.05) is 18.4 Å². The lowest BCUT2D eigenvalue weighted by Gasteiger charge is -2.12. The first-order valence-electron chi connectivity index (χ1n) is 5.95. The van der Waals surface area contributed by atoms with Gasteiger partial charge < -0.3 is 21.4 Å². The van der Waals surface area contributed by atoms with Crippen LogP contribution >= 0.6 is 0 Å². The fourth-order valence-corrected chi connectivity index (χ4v) is 1.66. The lowest BCUT2D eigenvalue weighted by Crippen LogP contribution is -2.28. The lowest BCUT2D eigenvalue weighted by atomic mass is 10.3. The van der Waals surface area contributed by atoms with Crippen LogP contribution in [0.15, 0.2) is 12.3 Å². The number of primary amides is 1. The van der Waals surface area contributed by atoms with Crippen LogP contribution in [-0.2, 0) is 4.79 Å². The molecule has 18 heavy (non-hydrogen) atoms. The van der Waals surface area contributed by atoms with Crippen LogP contribution in [0.4, 0.5) is 5.69 Å². The molecule has 0 fully saturated rings. The normalized spacial score (nSPS) is 10.6. The number of nitrogens with zero attached hydrogens (tertiary/aromatic N) is 1. The molecule has 0 saturated heterocycles. The molecule has 0 saturated carbocycles. The molecule has 5 N–H and O–H groups in total. The standard InChI is InChI=1S/C12H20N4O2/c1-8(2)16-7-9(13)6-10(16)12(18)15-5-3-4-11(14)17/h6-8H,3-5,13H2,1-2H3,(H2,14,17)(H,15,18). The zero-order chi connectivity index (χ0) is 13.7. The summed E-state index contributed by atoms with van der Waals surface area (Å²) in [6.07, 6.45) is 2.55. The summed E-state index contributed by atoms with van der Waals surface area (Å²) in [6.45, 7) is 4.37. The van der Waals surface area contributed by atoms with Gasteiger partial charge in [-0.15, -0.1) is 0 Å². The summed E-state index contributed by atoms with van der Waals surface area (Å²) in [6, 6.07) is 1.80. The van der Waals surface area contributed by atoms with Gasteiger partial charge in [-0.1, -0.05) is 0 Å². The van der Waals surface area contributed by atoms with Gasteiger partial charge in [0.05, 0.1) is 5.69 Å². The second kappa shape index (κ2) is 6.09. The van der Waals surface area contributed by atoms with Gasteiger partial charge >= 0.3 is 0 Å². The molecule has 0 spiro atoms. The van der Waals surface area contributed by atoms with Crippen molar-refractivity contribution in [1.82, 2.24) is 9.88 Å². The summed E-state index contributed by atoms with van der Waals surface area (Å²) in [7, 11) is 0. The molecule has 1 aromatic heterocycles. The number of rotatable bonds is 6. The number of hydrogen-bond acceptors (Lipinski definition) is 3. The van der Waals surface area contributed by atoms with E-state index >= 15 is 0 Å². The molecule has 2 amide bonds. The van der Waals surface area contributed by atoms with E-state index in [-0.39, 0.29) is 24.3 Å². The van der Waals surface area contributed by atoms with Gasteiger partial charge in [-0.2, -0.15) is 0 Å². The zero-order valence-electron chi connectivity index (χ0n) is 10.8.